The molecule has 1 aliphatic heterocycles. The molecular formula is C12H19BN2O2. The van der Waals surface area contributed by atoms with Gasteiger partial charge in [0.05, 0.1) is 11.2 Å². The Kier molecular flexibility index (Phi) is 1.96. The monoisotopic (exact) mass is 237 g/mol. The lowest BCUT2D eigenvalue weighted by atomic mass is 9.79. The predicted molar refractivity (Wildman–Crippen MR) is 69.1 cm³/mol. The zero-order valence-corrected chi connectivity index (χ0v) is 10.6. The lowest BCUT2D eigenvalue weighted by molar-refractivity contribution is 0.00578. The molecule has 92 valence electrons. The van der Waals surface area contributed by atoms with Gasteiger partial charge in [-0.2, -0.15) is 0 Å². The van der Waals surface area contributed by atoms with Crippen LogP contribution in [0.2, 0.25) is 0 Å². The molecule has 1 saturated heterocycles. The van der Waals surface area contributed by atoms with E-state index in [0.29, 0.717) is 5.46 Å². The van der Waals surface area contributed by atoms with Gasteiger partial charge in [-0.1, -0.05) is 6.07 Å². The van der Waals surface area contributed by atoms with Gasteiger partial charge in [0, 0.05) is 15.3 Å². The Balaban J connectivity index is 2.33. The van der Waals surface area contributed by atoms with E-state index in [0.717, 1.165) is 0 Å². The number of rotatable bonds is 1. The van der Waals surface area contributed by atoms with Crippen LogP contribution in [-0.4, -0.2) is 23.3 Å². The van der Waals surface area contributed by atoms with Crippen LogP contribution in [0.5, 0.6) is 0 Å². The Morgan fingerprint density at radius 3 is 2.29 bits per heavy atom. The first-order valence-electron chi connectivity index (χ1n) is 7.06. The summed E-state index contributed by atoms with van der Waals surface area (Å²) in [5.74, 6) is 0.122. The summed E-state index contributed by atoms with van der Waals surface area (Å²) in [6.45, 7) is 5.48. The third kappa shape index (κ3) is 2.05. The quantitative estimate of drug-likeness (QED) is 0.747. The largest absolute Gasteiger partial charge is 0.498 e. The highest BCUT2D eigenvalue weighted by atomic mass is 16.7. The number of hydrogen-bond acceptors (Lipinski definition) is 4. The SMILES string of the molecule is [2H]C([2H])([2H])c1ccc(B2OC(C)(C)C(C)(C)O2)c(N)n1. The zero-order chi connectivity index (χ0) is 15.3. The summed E-state index contributed by atoms with van der Waals surface area (Å²) in [6, 6.07) is 3.04. The Labute approximate surface area is 107 Å². The van der Waals surface area contributed by atoms with Crippen molar-refractivity contribution < 1.29 is 13.4 Å². The second-order valence-electron chi connectivity index (χ2n) is 5.26. The van der Waals surface area contributed by atoms with Gasteiger partial charge in [-0.25, -0.2) is 4.98 Å². The molecule has 1 aromatic heterocycles. The van der Waals surface area contributed by atoms with E-state index in [1.807, 2.05) is 27.7 Å². The number of anilines is 1. The van der Waals surface area contributed by atoms with Gasteiger partial charge >= 0.3 is 7.12 Å². The van der Waals surface area contributed by atoms with Crippen LogP contribution in [0.4, 0.5) is 5.82 Å². The maximum Gasteiger partial charge on any atom is 0.498 e. The molecule has 0 aromatic carbocycles. The molecule has 0 amide bonds. The molecule has 4 nitrogen and oxygen atoms in total. The van der Waals surface area contributed by atoms with E-state index in [1.165, 1.54) is 6.07 Å². The molecule has 1 fully saturated rings. The molecule has 0 saturated carbocycles. The van der Waals surface area contributed by atoms with E-state index in [2.05, 4.69) is 4.98 Å². The topological polar surface area (TPSA) is 57.4 Å². The van der Waals surface area contributed by atoms with Crippen LogP contribution in [-0.2, 0) is 9.31 Å². The number of pyridine rings is 1. The van der Waals surface area contributed by atoms with Crippen LogP contribution in [0.3, 0.4) is 0 Å². The molecule has 0 radical (unpaired) electrons. The van der Waals surface area contributed by atoms with Gasteiger partial charge in [-0.05, 0) is 40.6 Å². The van der Waals surface area contributed by atoms with Crippen LogP contribution in [0, 0.1) is 6.85 Å². The second kappa shape index (κ2) is 3.72. The molecule has 2 heterocycles. The summed E-state index contributed by atoms with van der Waals surface area (Å²) in [7, 11) is -0.641. The lowest BCUT2D eigenvalue weighted by Crippen LogP contribution is -2.41. The van der Waals surface area contributed by atoms with Crippen molar-refractivity contribution in [3.05, 3.63) is 17.8 Å². The molecule has 0 atom stereocenters. The van der Waals surface area contributed by atoms with Crippen molar-refractivity contribution in [3.8, 4) is 0 Å². The third-order valence-electron chi connectivity index (χ3n) is 3.46. The number of nitrogens with two attached hydrogens (primary N) is 1. The average Bonchev–Trinajstić information content (AvgIpc) is 2.46. The van der Waals surface area contributed by atoms with Gasteiger partial charge in [0.25, 0.3) is 0 Å². The van der Waals surface area contributed by atoms with Crippen molar-refractivity contribution >= 4 is 18.4 Å². The number of aryl methyl sites for hydroxylation is 1. The summed E-state index contributed by atoms with van der Waals surface area (Å²) in [6.07, 6.45) is 0. The Hall–Kier alpha value is -1.07. The summed E-state index contributed by atoms with van der Waals surface area (Å²) in [5, 5.41) is 0. The van der Waals surface area contributed by atoms with Crippen molar-refractivity contribution in [3.63, 3.8) is 0 Å². The van der Waals surface area contributed by atoms with Crippen LogP contribution < -0.4 is 11.2 Å². The third-order valence-corrected chi connectivity index (χ3v) is 3.46. The van der Waals surface area contributed by atoms with Crippen LogP contribution >= 0.6 is 0 Å². The van der Waals surface area contributed by atoms with Crippen molar-refractivity contribution in [1.82, 2.24) is 4.98 Å². The van der Waals surface area contributed by atoms with Gasteiger partial charge < -0.3 is 15.0 Å². The standard InChI is InChI=1S/C12H19BN2O2/c1-8-6-7-9(10(14)15-8)13-16-11(2,3)12(4,5)17-13/h6-7H,1-5H3,(H2,14,15)/i1D3. The number of nitrogens with zero attached hydrogens (tertiary/aromatic N) is 1. The minimum absolute atomic E-state index is 0.0322. The summed E-state index contributed by atoms with van der Waals surface area (Å²) >= 11 is 0. The minimum Gasteiger partial charge on any atom is -0.399 e. The molecule has 5 heteroatoms. The number of nitrogen functional groups attached to an aromatic ring is 1. The van der Waals surface area contributed by atoms with E-state index >= 15 is 0 Å². The molecule has 0 aliphatic carbocycles. The fourth-order valence-corrected chi connectivity index (χ4v) is 1.66. The van der Waals surface area contributed by atoms with Crippen LogP contribution in [0.15, 0.2) is 12.1 Å². The van der Waals surface area contributed by atoms with E-state index in [1.54, 1.807) is 6.07 Å². The zero-order valence-electron chi connectivity index (χ0n) is 13.6. The number of aromatic nitrogens is 1. The fourth-order valence-electron chi connectivity index (χ4n) is 1.66. The van der Waals surface area contributed by atoms with Crippen molar-refractivity contribution in [2.24, 2.45) is 0 Å². The van der Waals surface area contributed by atoms with Gasteiger partial charge in [0.2, 0.25) is 0 Å². The van der Waals surface area contributed by atoms with Crippen molar-refractivity contribution in [2.75, 3.05) is 5.73 Å². The van der Waals surface area contributed by atoms with Gasteiger partial charge in [-0.15, -0.1) is 0 Å². The first-order chi connectivity index (χ1) is 8.94. The normalized spacial score (nSPS) is 25.2. The highest BCUT2D eigenvalue weighted by Crippen LogP contribution is 2.36. The molecule has 0 spiro atoms. The van der Waals surface area contributed by atoms with E-state index in [9.17, 15) is 0 Å². The van der Waals surface area contributed by atoms with E-state index in [-0.39, 0.29) is 11.5 Å². The molecule has 1 aromatic rings. The maximum atomic E-state index is 7.33. The van der Waals surface area contributed by atoms with Gasteiger partial charge in [0.15, 0.2) is 0 Å². The molecule has 2 N–H and O–H groups in total. The molecule has 0 unspecified atom stereocenters. The molecule has 2 rings (SSSR count). The maximum absolute atomic E-state index is 7.33. The molecule has 17 heavy (non-hydrogen) atoms. The molecule has 0 bridgehead atoms. The van der Waals surface area contributed by atoms with Crippen molar-refractivity contribution in [1.29, 1.82) is 0 Å². The van der Waals surface area contributed by atoms with Crippen molar-refractivity contribution in [2.45, 2.75) is 45.7 Å². The molecule has 1 aliphatic rings. The van der Waals surface area contributed by atoms with Gasteiger partial charge in [0.1, 0.15) is 5.82 Å². The lowest BCUT2D eigenvalue weighted by Gasteiger charge is -2.32. The summed E-state index contributed by atoms with van der Waals surface area (Å²) in [4.78, 5) is 3.94. The highest BCUT2D eigenvalue weighted by molar-refractivity contribution is 6.63. The fraction of sp³-hybridized carbons (Fsp3) is 0.583. The Bertz CT molecular complexity index is 516. The van der Waals surface area contributed by atoms with Crippen LogP contribution in [0.25, 0.3) is 0 Å². The van der Waals surface area contributed by atoms with E-state index in [4.69, 9.17) is 19.2 Å². The predicted octanol–water partition coefficient (Wildman–Crippen LogP) is 1.27. The number of hydrogen-bond donors (Lipinski definition) is 1. The van der Waals surface area contributed by atoms with Crippen LogP contribution in [0.1, 0.15) is 37.5 Å². The Morgan fingerprint density at radius 1 is 1.24 bits per heavy atom. The average molecular weight is 237 g/mol. The minimum atomic E-state index is -2.28. The smallest absolute Gasteiger partial charge is 0.399 e. The first kappa shape index (κ1) is 8.94. The molecular weight excluding hydrogens is 215 g/mol. The highest BCUT2D eigenvalue weighted by Gasteiger charge is 2.52. The summed E-state index contributed by atoms with van der Waals surface area (Å²) in [5.41, 5.74) is 5.42. The summed E-state index contributed by atoms with van der Waals surface area (Å²) < 4.78 is 33.7. The Morgan fingerprint density at radius 2 is 1.82 bits per heavy atom. The first-order valence-corrected chi connectivity index (χ1v) is 5.56. The van der Waals surface area contributed by atoms with E-state index < -0.39 is 25.2 Å². The second-order valence-corrected chi connectivity index (χ2v) is 5.26. The van der Waals surface area contributed by atoms with Gasteiger partial charge in [-0.3, -0.25) is 0 Å².